The maximum absolute atomic E-state index is 13.0. The molecule has 2 rings (SSSR count). The first-order chi connectivity index (χ1) is 8.08. The predicted octanol–water partition coefficient (Wildman–Crippen LogP) is 4.55. The van der Waals surface area contributed by atoms with E-state index in [1.54, 1.807) is 23.5 Å². The van der Waals surface area contributed by atoms with Gasteiger partial charge in [-0.25, -0.2) is 4.39 Å². The maximum atomic E-state index is 13.0. The number of halogens is 3. The standard InChI is InChI=1S/C12H10BrClFNS/c13-8-3-4-17-12(8)11(16)6-7-1-2-10(15)9(14)5-7/h1-5,11H,6,16H2. The Kier molecular flexibility index (Phi) is 4.20. The van der Waals surface area contributed by atoms with Crippen LogP contribution in [0.4, 0.5) is 4.39 Å². The third-order valence-electron chi connectivity index (χ3n) is 2.42. The molecule has 2 aromatic rings. The van der Waals surface area contributed by atoms with Crippen LogP contribution >= 0.6 is 38.9 Å². The highest BCUT2D eigenvalue weighted by Gasteiger charge is 2.12. The fraction of sp³-hybridized carbons (Fsp3) is 0.167. The highest BCUT2D eigenvalue weighted by atomic mass is 79.9. The molecule has 90 valence electrons. The van der Waals surface area contributed by atoms with Crippen molar-refractivity contribution >= 4 is 38.9 Å². The molecule has 0 saturated heterocycles. The van der Waals surface area contributed by atoms with Crippen molar-refractivity contribution in [1.29, 1.82) is 0 Å². The summed E-state index contributed by atoms with van der Waals surface area (Å²) in [6.07, 6.45) is 0.638. The second kappa shape index (κ2) is 5.48. The molecule has 0 radical (unpaired) electrons. The van der Waals surface area contributed by atoms with Gasteiger partial charge in [0.1, 0.15) is 5.82 Å². The molecule has 1 nitrogen and oxygen atoms in total. The minimum atomic E-state index is -0.402. The normalized spacial score (nSPS) is 12.7. The van der Waals surface area contributed by atoms with E-state index in [1.807, 2.05) is 11.4 Å². The Bertz CT molecular complexity index is 529. The van der Waals surface area contributed by atoms with E-state index in [0.29, 0.717) is 6.42 Å². The maximum Gasteiger partial charge on any atom is 0.141 e. The summed E-state index contributed by atoms with van der Waals surface area (Å²) < 4.78 is 14.0. The molecule has 17 heavy (non-hydrogen) atoms. The van der Waals surface area contributed by atoms with Crippen LogP contribution in [-0.4, -0.2) is 0 Å². The van der Waals surface area contributed by atoms with E-state index in [4.69, 9.17) is 17.3 Å². The molecular formula is C12H10BrClFNS. The van der Waals surface area contributed by atoms with Crippen molar-refractivity contribution in [2.45, 2.75) is 12.5 Å². The molecule has 0 aliphatic rings. The van der Waals surface area contributed by atoms with Gasteiger partial charge in [0, 0.05) is 15.4 Å². The van der Waals surface area contributed by atoms with E-state index < -0.39 is 5.82 Å². The molecule has 0 saturated carbocycles. The first-order valence-electron chi connectivity index (χ1n) is 5.00. The van der Waals surface area contributed by atoms with Gasteiger partial charge in [0.15, 0.2) is 0 Å². The smallest absolute Gasteiger partial charge is 0.141 e. The average molecular weight is 335 g/mol. The van der Waals surface area contributed by atoms with Crippen LogP contribution < -0.4 is 5.73 Å². The van der Waals surface area contributed by atoms with Crippen LogP contribution in [0.3, 0.4) is 0 Å². The summed E-state index contributed by atoms with van der Waals surface area (Å²) in [6, 6.07) is 6.57. The first kappa shape index (κ1) is 13.0. The Morgan fingerprint density at radius 3 is 2.76 bits per heavy atom. The predicted molar refractivity (Wildman–Crippen MR) is 74.1 cm³/mol. The molecule has 1 aromatic heterocycles. The molecule has 0 fully saturated rings. The Morgan fingerprint density at radius 2 is 2.18 bits per heavy atom. The van der Waals surface area contributed by atoms with Gasteiger partial charge in [-0.2, -0.15) is 0 Å². The van der Waals surface area contributed by atoms with Crippen molar-refractivity contribution in [2.75, 3.05) is 0 Å². The van der Waals surface area contributed by atoms with Crippen molar-refractivity contribution in [2.24, 2.45) is 5.73 Å². The van der Waals surface area contributed by atoms with Crippen LogP contribution in [0.1, 0.15) is 16.5 Å². The summed E-state index contributed by atoms with van der Waals surface area (Å²) in [7, 11) is 0. The van der Waals surface area contributed by atoms with Gasteiger partial charge in [-0.05, 0) is 51.5 Å². The number of benzene rings is 1. The molecule has 2 N–H and O–H groups in total. The van der Waals surface area contributed by atoms with Gasteiger partial charge in [0.05, 0.1) is 5.02 Å². The van der Waals surface area contributed by atoms with Crippen LogP contribution in [0, 0.1) is 5.82 Å². The zero-order chi connectivity index (χ0) is 12.4. The van der Waals surface area contributed by atoms with Crippen LogP contribution in [0.2, 0.25) is 5.02 Å². The van der Waals surface area contributed by atoms with E-state index in [9.17, 15) is 4.39 Å². The Morgan fingerprint density at radius 1 is 1.41 bits per heavy atom. The van der Waals surface area contributed by atoms with Crippen LogP contribution in [0.15, 0.2) is 34.1 Å². The van der Waals surface area contributed by atoms with Gasteiger partial charge in [0.25, 0.3) is 0 Å². The van der Waals surface area contributed by atoms with E-state index in [2.05, 4.69) is 15.9 Å². The van der Waals surface area contributed by atoms with E-state index in [0.717, 1.165) is 14.9 Å². The molecule has 1 aromatic carbocycles. The molecule has 0 aliphatic heterocycles. The third-order valence-corrected chi connectivity index (χ3v) is 4.71. The zero-order valence-corrected chi connectivity index (χ0v) is 11.9. The van der Waals surface area contributed by atoms with Gasteiger partial charge in [0.2, 0.25) is 0 Å². The molecule has 1 heterocycles. The lowest BCUT2D eigenvalue weighted by molar-refractivity contribution is 0.626. The minimum absolute atomic E-state index is 0.106. The lowest BCUT2D eigenvalue weighted by Crippen LogP contribution is -2.12. The lowest BCUT2D eigenvalue weighted by atomic mass is 10.1. The Balaban J connectivity index is 2.16. The fourth-order valence-electron chi connectivity index (χ4n) is 1.58. The number of hydrogen-bond acceptors (Lipinski definition) is 2. The van der Waals surface area contributed by atoms with E-state index >= 15 is 0 Å². The second-order valence-corrected chi connectivity index (χ2v) is 5.90. The SMILES string of the molecule is NC(Cc1ccc(F)c(Cl)c1)c1sccc1Br. The molecule has 0 spiro atoms. The summed E-state index contributed by atoms with van der Waals surface area (Å²) in [6.45, 7) is 0. The van der Waals surface area contributed by atoms with Gasteiger partial charge in [-0.3, -0.25) is 0 Å². The molecule has 5 heteroatoms. The van der Waals surface area contributed by atoms with E-state index in [1.165, 1.54) is 6.07 Å². The summed E-state index contributed by atoms with van der Waals surface area (Å²) in [4.78, 5) is 1.09. The van der Waals surface area contributed by atoms with Crippen LogP contribution in [-0.2, 0) is 6.42 Å². The Labute approximate surface area is 117 Å². The third kappa shape index (κ3) is 3.07. The quantitative estimate of drug-likeness (QED) is 0.876. The minimum Gasteiger partial charge on any atom is -0.323 e. The molecule has 0 amide bonds. The number of hydrogen-bond donors (Lipinski definition) is 1. The number of rotatable bonds is 3. The van der Waals surface area contributed by atoms with Gasteiger partial charge >= 0.3 is 0 Å². The van der Waals surface area contributed by atoms with Gasteiger partial charge < -0.3 is 5.73 Å². The number of thiophene rings is 1. The summed E-state index contributed by atoms with van der Waals surface area (Å²) in [5.74, 6) is -0.402. The van der Waals surface area contributed by atoms with Gasteiger partial charge in [-0.15, -0.1) is 11.3 Å². The first-order valence-corrected chi connectivity index (χ1v) is 7.05. The monoisotopic (exact) mass is 333 g/mol. The van der Waals surface area contributed by atoms with Crippen LogP contribution in [0.5, 0.6) is 0 Å². The van der Waals surface area contributed by atoms with Crippen molar-refractivity contribution in [1.82, 2.24) is 0 Å². The highest BCUT2D eigenvalue weighted by Crippen LogP contribution is 2.30. The lowest BCUT2D eigenvalue weighted by Gasteiger charge is -2.11. The van der Waals surface area contributed by atoms with Crippen molar-refractivity contribution in [3.05, 3.63) is 55.4 Å². The number of nitrogens with two attached hydrogens (primary N) is 1. The average Bonchev–Trinajstić information content (AvgIpc) is 2.70. The Hall–Kier alpha value is -0.420. The highest BCUT2D eigenvalue weighted by molar-refractivity contribution is 9.10. The van der Waals surface area contributed by atoms with Crippen molar-refractivity contribution in [3.8, 4) is 0 Å². The largest absolute Gasteiger partial charge is 0.323 e. The molecule has 0 bridgehead atoms. The van der Waals surface area contributed by atoms with Gasteiger partial charge in [-0.1, -0.05) is 17.7 Å². The summed E-state index contributed by atoms with van der Waals surface area (Å²) in [5.41, 5.74) is 7.04. The van der Waals surface area contributed by atoms with E-state index in [-0.39, 0.29) is 11.1 Å². The molecule has 0 aliphatic carbocycles. The molecular weight excluding hydrogens is 325 g/mol. The molecule has 1 atom stereocenters. The zero-order valence-electron chi connectivity index (χ0n) is 8.79. The summed E-state index contributed by atoms with van der Waals surface area (Å²) >= 11 is 10.8. The summed E-state index contributed by atoms with van der Waals surface area (Å²) in [5, 5.41) is 2.12. The van der Waals surface area contributed by atoms with Crippen molar-refractivity contribution in [3.63, 3.8) is 0 Å². The molecule has 1 unspecified atom stereocenters. The fourth-order valence-corrected chi connectivity index (χ4v) is 3.46. The topological polar surface area (TPSA) is 26.0 Å². The van der Waals surface area contributed by atoms with Crippen molar-refractivity contribution < 1.29 is 4.39 Å². The second-order valence-electron chi connectivity index (χ2n) is 3.69. The van der Waals surface area contributed by atoms with Crippen LogP contribution in [0.25, 0.3) is 0 Å².